The number of amides is 1. The van der Waals surface area contributed by atoms with Crippen molar-refractivity contribution in [1.29, 1.82) is 0 Å². The van der Waals surface area contributed by atoms with Crippen LogP contribution in [0.4, 0.5) is 0 Å². The normalized spacial score (nSPS) is 15.8. The third-order valence-corrected chi connectivity index (χ3v) is 7.83. The van der Waals surface area contributed by atoms with Crippen LogP contribution in [-0.2, 0) is 13.1 Å². The average Bonchev–Trinajstić information content (AvgIpc) is 3.68. The number of benzene rings is 3. The fourth-order valence-electron chi connectivity index (χ4n) is 5.66. The predicted molar refractivity (Wildman–Crippen MR) is 154 cm³/mol. The Labute approximate surface area is 228 Å². The maximum absolute atomic E-state index is 11.5. The summed E-state index contributed by atoms with van der Waals surface area (Å²) in [6, 6.07) is 27.9. The van der Waals surface area contributed by atoms with Crippen LogP contribution in [0.25, 0.3) is 27.7 Å². The predicted octanol–water partition coefficient (Wildman–Crippen LogP) is 4.91. The lowest BCUT2D eigenvalue weighted by Crippen LogP contribution is -2.31. The zero-order chi connectivity index (χ0) is 26.9. The number of nitrogens with two attached hydrogens (primary N) is 1. The van der Waals surface area contributed by atoms with Gasteiger partial charge < -0.3 is 15.4 Å². The molecular weight excluding hydrogens is 486 g/mol. The first-order valence-corrected chi connectivity index (χ1v) is 13.5. The zero-order valence-corrected chi connectivity index (χ0v) is 22.1. The number of carbonyl (C=O) groups excluding carboxylic acids is 1. The Morgan fingerprint density at radius 1 is 0.949 bits per heavy atom. The van der Waals surface area contributed by atoms with E-state index in [0.717, 1.165) is 48.3 Å². The number of aryl methyl sites for hydroxylation is 1. The van der Waals surface area contributed by atoms with Crippen LogP contribution in [0.3, 0.4) is 0 Å². The topological polar surface area (TPSA) is 89.3 Å². The first-order chi connectivity index (χ1) is 19.0. The van der Waals surface area contributed by atoms with E-state index in [1.807, 2.05) is 13.0 Å². The number of nitrogens with zero attached hydrogens (tertiary/aromatic N) is 4. The lowest BCUT2D eigenvalue weighted by molar-refractivity contribution is 0.0995. The fourth-order valence-corrected chi connectivity index (χ4v) is 5.66. The summed E-state index contributed by atoms with van der Waals surface area (Å²) in [5.41, 5.74) is 13.5. The Hall–Kier alpha value is -4.20. The summed E-state index contributed by atoms with van der Waals surface area (Å²) in [5.74, 6) is -0.526. The number of likely N-dealkylation sites (tertiary alicyclic amines) is 1. The molecule has 5 aromatic rings. The van der Waals surface area contributed by atoms with E-state index in [0.29, 0.717) is 6.04 Å². The summed E-state index contributed by atoms with van der Waals surface area (Å²) in [5, 5.41) is 15.0. The number of carbonyl (C=O) groups is 1. The Balaban J connectivity index is 1.15. The molecule has 0 unspecified atom stereocenters. The number of aliphatic hydroxyl groups excluding tert-OH is 1. The molecule has 198 valence electrons. The standard InChI is InChI=1S/C32H33N5O2/c1-22-17-30(32(33)39)34-37(22)28-12-13-31-27(18-28)14-16-36(31)20-24-6-10-26(11-7-24)25-8-4-23(5-9-25)19-35-15-2-3-29(35)21-38/h4-14,16-18,29,38H,2-3,15,19-21H2,1H3,(H2,33,39)/t29-/m1/s1. The van der Waals surface area contributed by atoms with E-state index in [4.69, 9.17) is 5.73 Å². The molecule has 39 heavy (non-hydrogen) atoms. The molecule has 1 fully saturated rings. The molecule has 1 amide bonds. The van der Waals surface area contributed by atoms with Crippen LogP contribution in [0.15, 0.2) is 85.1 Å². The Morgan fingerprint density at radius 3 is 2.28 bits per heavy atom. The summed E-state index contributed by atoms with van der Waals surface area (Å²) >= 11 is 0. The zero-order valence-electron chi connectivity index (χ0n) is 22.1. The van der Waals surface area contributed by atoms with Gasteiger partial charge in [-0.2, -0.15) is 5.10 Å². The molecule has 3 heterocycles. The van der Waals surface area contributed by atoms with Gasteiger partial charge in [0.25, 0.3) is 5.91 Å². The number of hydrogen-bond acceptors (Lipinski definition) is 4. The van der Waals surface area contributed by atoms with Crippen molar-refractivity contribution in [3.63, 3.8) is 0 Å². The minimum Gasteiger partial charge on any atom is -0.395 e. The first-order valence-electron chi connectivity index (χ1n) is 13.5. The highest BCUT2D eigenvalue weighted by Gasteiger charge is 2.23. The molecule has 7 nitrogen and oxygen atoms in total. The maximum atomic E-state index is 11.5. The second-order valence-electron chi connectivity index (χ2n) is 10.5. The lowest BCUT2D eigenvalue weighted by Gasteiger charge is -2.22. The smallest absolute Gasteiger partial charge is 0.269 e. The van der Waals surface area contributed by atoms with Gasteiger partial charge in [0, 0.05) is 41.9 Å². The molecule has 0 radical (unpaired) electrons. The van der Waals surface area contributed by atoms with Crippen molar-refractivity contribution in [3.8, 4) is 16.8 Å². The van der Waals surface area contributed by atoms with E-state index >= 15 is 0 Å². The minimum atomic E-state index is -0.526. The summed E-state index contributed by atoms with van der Waals surface area (Å²) in [6.07, 6.45) is 4.36. The molecule has 0 saturated carbocycles. The lowest BCUT2D eigenvalue weighted by atomic mass is 10.0. The quantitative estimate of drug-likeness (QED) is 0.305. The number of hydrogen-bond donors (Lipinski definition) is 2. The van der Waals surface area contributed by atoms with E-state index in [-0.39, 0.29) is 12.3 Å². The number of primary amides is 1. The first kappa shape index (κ1) is 25.1. The van der Waals surface area contributed by atoms with Crippen LogP contribution >= 0.6 is 0 Å². The minimum absolute atomic E-state index is 0.244. The molecule has 1 aliphatic rings. The highest BCUT2D eigenvalue weighted by atomic mass is 16.3. The van der Waals surface area contributed by atoms with Gasteiger partial charge in [-0.05, 0) is 78.9 Å². The average molecular weight is 520 g/mol. The maximum Gasteiger partial charge on any atom is 0.269 e. The molecule has 0 bridgehead atoms. The van der Waals surface area contributed by atoms with Gasteiger partial charge in [0.2, 0.25) is 0 Å². The van der Waals surface area contributed by atoms with Crippen LogP contribution in [0.2, 0.25) is 0 Å². The van der Waals surface area contributed by atoms with Gasteiger partial charge in [-0.3, -0.25) is 9.69 Å². The van der Waals surface area contributed by atoms with Crippen molar-refractivity contribution in [2.45, 2.75) is 38.9 Å². The highest BCUT2D eigenvalue weighted by molar-refractivity contribution is 5.91. The van der Waals surface area contributed by atoms with Crippen molar-refractivity contribution in [3.05, 3.63) is 108 Å². The molecule has 0 spiro atoms. The van der Waals surface area contributed by atoms with E-state index < -0.39 is 5.91 Å². The van der Waals surface area contributed by atoms with Crippen LogP contribution in [0.1, 0.15) is 40.2 Å². The van der Waals surface area contributed by atoms with Gasteiger partial charge in [0.15, 0.2) is 5.69 Å². The summed E-state index contributed by atoms with van der Waals surface area (Å²) in [6.45, 7) is 4.89. The largest absolute Gasteiger partial charge is 0.395 e. The SMILES string of the molecule is Cc1cc(C(N)=O)nn1-c1ccc2c(ccn2Cc2ccc(-c3ccc(CN4CCC[C@@H]4CO)cc3)cc2)c1. The van der Waals surface area contributed by atoms with Crippen molar-refractivity contribution in [2.75, 3.05) is 13.2 Å². The number of fused-ring (bicyclic) bond motifs is 1. The van der Waals surface area contributed by atoms with Gasteiger partial charge in [0.05, 0.1) is 12.3 Å². The van der Waals surface area contributed by atoms with E-state index in [1.54, 1.807) is 10.7 Å². The Morgan fingerprint density at radius 2 is 1.64 bits per heavy atom. The number of rotatable bonds is 8. The fraction of sp³-hybridized carbons (Fsp3) is 0.250. The molecule has 3 aromatic carbocycles. The van der Waals surface area contributed by atoms with Crippen LogP contribution in [0, 0.1) is 6.92 Å². The molecule has 1 saturated heterocycles. The van der Waals surface area contributed by atoms with E-state index in [9.17, 15) is 9.90 Å². The highest BCUT2D eigenvalue weighted by Crippen LogP contribution is 2.25. The monoisotopic (exact) mass is 519 g/mol. The molecule has 6 rings (SSSR count). The van der Waals surface area contributed by atoms with Crippen molar-refractivity contribution < 1.29 is 9.90 Å². The van der Waals surface area contributed by atoms with E-state index in [1.165, 1.54) is 28.7 Å². The molecular formula is C32H33N5O2. The van der Waals surface area contributed by atoms with Crippen LogP contribution < -0.4 is 5.73 Å². The van der Waals surface area contributed by atoms with Gasteiger partial charge in [-0.1, -0.05) is 48.5 Å². The van der Waals surface area contributed by atoms with Crippen molar-refractivity contribution in [2.24, 2.45) is 5.73 Å². The molecule has 7 heteroatoms. The van der Waals surface area contributed by atoms with Crippen LogP contribution in [-0.4, -0.2) is 49.5 Å². The van der Waals surface area contributed by atoms with E-state index in [2.05, 4.69) is 87.5 Å². The van der Waals surface area contributed by atoms with Crippen molar-refractivity contribution in [1.82, 2.24) is 19.2 Å². The number of aromatic nitrogens is 3. The Bertz CT molecular complexity index is 1620. The Kier molecular flexibility index (Phi) is 6.77. The van der Waals surface area contributed by atoms with Gasteiger partial charge in [0.1, 0.15) is 0 Å². The summed E-state index contributed by atoms with van der Waals surface area (Å²) in [7, 11) is 0. The molecule has 0 aliphatic carbocycles. The van der Waals surface area contributed by atoms with Crippen molar-refractivity contribution >= 4 is 16.8 Å². The van der Waals surface area contributed by atoms with Gasteiger partial charge in [-0.15, -0.1) is 0 Å². The van der Waals surface area contributed by atoms with Gasteiger partial charge in [-0.25, -0.2) is 4.68 Å². The molecule has 1 atom stereocenters. The number of aliphatic hydroxyl groups is 1. The molecule has 1 aliphatic heterocycles. The molecule has 2 aromatic heterocycles. The van der Waals surface area contributed by atoms with Crippen LogP contribution in [0.5, 0.6) is 0 Å². The third kappa shape index (κ3) is 5.11. The van der Waals surface area contributed by atoms with Gasteiger partial charge >= 0.3 is 0 Å². The second kappa shape index (κ2) is 10.5. The summed E-state index contributed by atoms with van der Waals surface area (Å²) < 4.78 is 3.99. The summed E-state index contributed by atoms with van der Waals surface area (Å²) in [4.78, 5) is 13.9. The third-order valence-electron chi connectivity index (χ3n) is 7.83. The molecule has 3 N–H and O–H groups in total. The second-order valence-corrected chi connectivity index (χ2v) is 10.5.